The third-order valence-corrected chi connectivity index (χ3v) is 3.21. The normalized spacial score (nSPS) is 11.1. The van der Waals surface area contributed by atoms with Crippen molar-refractivity contribution in [3.05, 3.63) is 48.0 Å². The van der Waals surface area contributed by atoms with Gasteiger partial charge in [0.05, 0.1) is 0 Å². The lowest BCUT2D eigenvalue weighted by atomic mass is 9.99. The van der Waals surface area contributed by atoms with Gasteiger partial charge in [0.15, 0.2) is 11.5 Å². The molecule has 0 radical (unpaired) electrons. The van der Waals surface area contributed by atoms with Crippen molar-refractivity contribution in [2.75, 3.05) is 0 Å². The van der Waals surface area contributed by atoms with Crippen LogP contribution in [0.1, 0.15) is 5.56 Å². The van der Waals surface area contributed by atoms with Crippen LogP contribution in [0.4, 0.5) is 0 Å². The Kier molecular flexibility index (Phi) is 1.99. The maximum Gasteiger partial charge on any atom is 0.161 e. The van der Waals surface area contributed by atoms with Crippen LogP contribution in [-0.2, 0) is 0 Å². The van der Waals surface area contributed by atoms with Gasteiger partial charge in [0.2, 0.25) is 0 Å². The smallest absolute Gasteiger partial charge is 0.161 e. The Labute approximate surface area is 98.7 Å². The first-order valence-electron chi connectivity index (χ1n) is 5.51. The zero-order valence-corrected chi connectivity index (χ0v) is 9.44. The van der Waals surface area contributed by atoms with E-state index in [2.05, 4.69) is 0 Å². The molecule has 0 amide bonds. The highest BCUT2D eigenvalue weighted by molar-refractivity contribution is 6.01. The lowest BCUT2D eigenvalue weighted by Gasteiger charge is -2.08. The largest absolute Gasteiger partial charge is 0.504 e. The quantitative estimate of drug-likeness (QED) is 0.451. The Bertz CT molecular complexity index is 730. The van der Waals surface area contributed by atoms with Gasteiger partial charge in [-0.15, -0.1) is 0 Å². The highest BCUT2D eigenvalue weighted by Crippen LogP contribution is 2.36. The third kappa shape index (κ3) is 1.41. The minimum Gasteiger partial charge on any atom is -0.504 e. The Morgan fingerprint density at radius 3 is 2.18 bits per heavy atom. The van der Waals surface area contributed by atoms with E-state index in [1.807, 2.05) is 43.3 Å². The van der Waals surface area contributed by atoms with Crippen LogP contribution in [0, 0.1) is 6.92 Å². The van der Waals surface area contributed by atoms with Crippen molar-refractivity contribution in [1.29, 1.82) is 0 Å². The van der Waals surface area contributed by atoms with E-state index in [1.54, 1.807) is 6.07 Å². The molecule has 84 valence electrons. The van der Waals surface area contributed by atoms with Crippen LogP contribution in [-0.4, -0.2) is 10.2 Å². The number of rotatable bonds is 0. The molecule has 2 heteroatoms. The second-order valence-electron chi connectivity index (χ2n) is 4.29. The molecule has 2 nitrogen and oxygen atoms in total. The standard InChI is InChI=1S/C15H12O2/c1-9-13-7-11-5-3-2-4-10(11)6-12(13)8-14(16)15(9)17/h2-8,16-17H,1H3. The number of benzene rings is 3. The fraction of sp³-hybridized carbons (Fsp3) is 0.0667. The summed E-state index contributed by atoms with van der Waals surface area (Å²) in [6, 6.07) is 13.7. The molecule has 3 aromatic carbocycles. The summed E-state index contributed by atoms with van der Waals surface area (Å²) in [5.74, 6) is -0.0990. The summed E-state index contributed by atoms with van der Waals surface area (Å²) >= 11 is 0. The first-order chi connectivity index (χ1) is 8.16. The van der Waals surface area contributed by atoms with Gasteiger partial charge in [-0.25, -0.2) is 0 Å². The summed E-state index contributed by atoms with van der Waals surface area (Å²) in [5, 5.41) is 23.5. The minimum absolute atomic E-state index is 0.0345. The number of hydrogen-bond acceptors (Lipinski definition) is 2. The number of phenols is 2. The van der Waals surface area contributed by atoms with Crippen LogP contribution in [0.5, 0.6) is 11.5 Å². The first-order valence-corrected chi connectivity index (χ1v) is 5.51. The Balaban J connectivity index is 2.52. The molecule has 3 aromatic rings. The summed E-state index contributed by atoms with van der Waals surface area (Å²) in [6.45, 7) is 1.81. The van der Waals surface area contributed by atoms with Crippen LogP contribution in [0.2, 0.25) is 0 Å². The lowest BCUT2D eigenvalue weighted by Crippen LogP contribution is -1.82. The van der Waals surface area contributed by atoms with E-state index in [4.69, 9.17) is 0 Å². The monoisotopic (exact) mass is 224 g/mol. The van der Waals surface area contributed by atoms with Crippen molar-refractivity contribution in [2.24, 2.45) is 0 Å². The van der Waals surface area contributed by atoms with E-state index in [1.165, 1.54) is 0 Å². The van der Waals surface area contributed by atoms with Gasteiger partial charge in [0.1, 0.15) is 0 Å². The molecule has 17 heavy (non-hydrogen) atoms. The molecular weight excluding hydrogens is 212 g/mol. The topological polar surface area (TPSA) is 40.5 Å². The van der Waals surface area contributed by atoms with E-state index in [0.717, 1.165) is 21.5 Å². The molecule has 0 saturated heterocycles. The van der Waals surface area contributed by atoms with Crippen LogP contribution in [0.15, 0.2) is 42.5 Å². The zero-order chi connectivity index (χ0) is 12.0. The van der Waals surface area contributed by atoms with Gasteiger partial charge in [0.25, 0.3) is 0 Å². The fourth-order valence-corrected chi connectivity index (χ4v) is 2.24. The molecule has 0 bridgehead atoms. The van der Waals surface area contributed by atoms with E-state index in [-0.39, 0.29) is 11.5 Å². The maximum absolute atomic E-state index is 9.73. The Morgan fingerprint density at radius 2 is 1.47 bits per heavy atom. The maximum atomic E-state index is 9.73. The van der Waals surface area contributed by atoms with Gasteiger partial charge in [0, 0.05) is 5.56 Å². The van der Waals surface area contributed by atoms with E-state index >= 15 is 0 Å². The van der Waals surface area contributed by atoms with Gasteiger partial charge in [-0.2, -0.15) is 0 Å². The predicted molar refractivity (Wildman–Crippen MR) is 69.5 cm³/mol. The van der Waals surface area contributed by atoms with Gasteiger partial charge in [-0.3, -0.25) is 0 Å². The second-order valence-corrected chi connectivity index (χ2v) is 4.29. The summed E-state index contributed by atoms with van der Waals surface area (Å²) in [7, 11) is 0. The van der Waals surface area contributed by atoms with Crippen molar-refractivity contribution in [3.63, 3.8) is 0 Å². The van der Waals surface area contributed by atoms with Gasteiger partial charge in [-0.05, 0) is 46.7 Å². The van der Waals surface area contributed by atoms with Crippen molar-refractivity contribution < 1.29 is 10.2 Å². The molecule has 0 saturated carbocycles. The Hall–Kier alpha value is -2.22. The molecule has 2 N–H and O–H groups in total. The van der Waals surface area contributed by atoms with Crippen LogP contribution < -0.4 is 0 Å². The van der Waals surface area contributed by atoms with Crippen molar-refractivity contribution in [2.45, 2.75) is 6.92 Å². The number of phenolic OH excluding ortho intramolecular Hbond substituents is 2. The molecule has 0 atom stereocenters. The molecule has 0 aliphatic carbocycles. The number of hydrogen-bond donors (Lipinski definition) is 2. The molecule has 0 aliphatic rings. The molecule has 0 unspecified atom stereocenters. The first kappa shape index (κ1) is 9.97. The van der Waals surface area contributed by atoms with Gasteiger partial charge in [-0.1, -0.05) is 24.3 Å². The summed E-state index contributed by atoms with van der Waals surface area (Å²) in [5.41, 5.74) is 0.714. The predicted octanol–water partition coefficient (Wildman–Crippen LogP) is 3.71. The Morgan fingerprint density at radius 1 is 0.824 bits per heavy atom. The average molecular weight is 224 g/mol. The fourth-order valence-electron chi connectivity index (χ4n) is 2.24. The van der Waals surface area contributed by atoms with E-state index in [0.29, 0.717) is 5.56 Å². The molecule has 3 rings (SSSR count). The van der Waals surface area contributed by atoms with E-state index in [9.17, 15) is 10.2 Å². The summed E-state index contributed by atoms with van der Waals surface area (Å²) < 4.78 is 0. The zero-order valence-electron chi connectivity index (χ0n) is 9.44. The summed E-state index contributed by atoms with van der Waals surface area (Å²) in [4.78, 5) is 0. The molecule has 0 heterocycles. The SMILES string of the molecule is Cc1c(O)c(O)cc2cc3ccccc3cc12. The van der Waals surface area contributed by atoms with Crippen molar-refractivity contribution in [1.82, 2.24) is 0 Å². The second kappa shape index (κ2) is 3.39. The number of aryl methyl sites for hydroxylation is 1. The van der Waals surface area contributed by atoms with E-state index < -0.39 is 0 Å². The minimum atomic E-state index is -0.0646. The van der Waals surface area contributed by atoms with Crippen LogP contribution >= 0.6 is 0 Å². The number of fused-ring (bicyclic) bond motifs is 2. The molecular formula is C15H12O2. The summed E-state index contributed by atoms with van der Waals surface area (Å²) in [6.07, 6.45) is 0. The van der Waals surface area contributed by atoms with Crippen molar-refractivity contribution in [3.8, 4) is 11.5 Å². The third-order valence-electron chi connectivity index (χ3n) is 3.21. The van der Waals surface area contributed by atoms with Crippen LogP contribution in [0.25, 0.3) is 21.5 Å². The molecule has 0 fully saturated rings. The van der Waals surface area contributed by atoms with Gasteiger partial charge < -0.3 is 10.2 Å². The van der Waals surface area contributed by atoms with Crippen LogP contribution in [0.3, 0.4) is 0 Å². The number of aromatic hydroxyl groups is 2. The van der Waals surface area contributed by atoms with Crippen molar-refractivity contribution >= 4 is 21.5 Å². The average Bonchev–Trinajstić information content (AvgIpc) is 2.34. The molecule has 0 aliphatic heterocycles. The highest BCUT2D eigenvalue weighted by Gasteiger charge is 2.09. The highest BCUT2D eigenvalue weighted by atomic mass is 16.3. The molecule has 0 spiro atoms. The molecule has 0 aromatic heterocycles. The lowest BCUT2D eigenvalue weighted by molar-refractivity contribution is 0.402. The van der Waals surface area contributed by atoms with Gasteiger partial charge >= 0.3 is 0 Å².